The molecule has 2 heterocycles. The summed E-state index contributed by atoms with van der Waals surface area (Å²) in [6, 6.07) is 2.75. The van der Waals surface area contributed by atoms with Gasteiger partial charge in [0.15, 0.2) is 0 Å². The van der Waals surface area contributed by atoms with Crippen LogP contribution in [0.4, 0.5) is 19.0 Å². The number of nitrogens with zero attached hydrogens (tertiary/aromatic N) is 3. The van der Waals surface area contributed by atoms with Crippen LogP contribution in [0.2, 0.25) is 0 Å². The number of rotatable bonds is 2. The first-order valence-electron chi connectivity index (χ1n) is 10.6. The maximum absolute atomic E-state index is 12.7. The van der Waals surface area contributed by atoms with Gasteiger partial charge in [0, 0.05) is 24.0 Å². The quantitative estimate of drug-likeness (QED) is 0.598. The van der Waals surface area contributed by atoms with E-state index in [1.165, 1.54) is 31.9 Å². The van der Waals surface area contributed by atoms with Crippen LogP contribution in [0, 0.1) is 5.92 Å². The number of nitrogen functional groups attached to an aromatic ring is 1. The zero-order valence-corrected chi connectivity index (χ0v) is 19.3. The van der Waals surface area contributed by atoms with E-state index < -0.39 is 17.6 Å². The van der Waals surface area contributed by atoms with Gasteiger partial charge in [-0.05, 0) is 46.0 Å². The van der Waals surface area contributed by atoms with Gasteiger partial charge in [0.25, 0.3) is 0 Å². The van der Waals surface area contributed by atoms with Crippen molar-refractivity contribution in [3.63, 3.8) is 0 Å². The Morgan fingerprint density at radius 1 is 1.17 bits per heavy atom. The zero-order valence-electron chi connectivity index (χ0n) is 19.3. The highest BCUT2D eigenvalue weighted by Gasteiger charge is 2.34. The molecule has 2 aromatic rings. The summed E-state index contributed by atoms with van der Waals surface area (Å²) in [5.41, 5.74) is 5.04. The Morgan fingerprint density at radius 3 is 2.07 bits per heavy atom. The highest BCUT2D eigenvalue weighted by molar-refractivity contribution is 5.61. The fourth-order valence-corrected chi connectivity index (χ4v) is 2.75. The fourth-order valence-electron chi connectivity index (χ4n) is 2.75. The first-order chi connectivity index (χ1) is 14.1. The number of hydrogen-bond acceptors (Lipinski definition) is 4. The molecule has 5 nitrogen and oxygen atoms in total. The van der Waals surface area contributed by atoms with Crippen LogP contribution in [0.1, 0.15) is 71.9 Å². The summed E-state index contributed by atoms with van der Waals surface area (Å²) in [6.07, 6.45) is 4.43. The predicted octanol–water partition coefficient (Wildman–Crippen LogP) is 6.19. The van der Waals surface area contributed by atoms with Crippen molar-refractivity contribution in [2.45, 2.75) is 72.5 Å². The third kappa shape index (κ3) is 9.61. The molecule has 0 aromatic carbocycles. The number of alkyl halides is 3. The van der Waals surface area contributed by atoms with Gasteiger partial charge in [-0.2, -0.15) is 18.3 Å². The highest BCUT2D eigenvalue weighted by atomic mass is 19.4. The van der Waals surface area contributed by atoms with Crippen molar-refractivity contribution in [2.75, 3.05) is 19.8 Å². The SMILES string of the molecule is CC.CC(C)n1ccc(-c2cnc(N)c(C(F)(F)F)c2)n1.CC1CCCC1.CNC. The van der Waals surface area contributed by atoms with Gasteiger partial charge < -0.3 is 11.1 Å². The first kappa shape index (κ1) is 27.9. The molecule has 1 fully saturated rings. The number of pyridine rings is 1. The number of anilines is 1. The van der Waals surface area contributed by atoms with Crippen LogP contribution >= 0.6 is 0 Å². The van der Waals surface area contributed by atoms with E-state index in [0.717, 1.165) is 12.0 Å². The number of hydrogen-bond donors (Lipinski definition) is 2. The van der Waals surface area contributed by atoms with Gasteiger partial charge in [0.05, 0.1) is 11.3 Å². The molecule has 30 heavy (non-hydrogen) atoms. The molecule has 0 amide bonds. The Bertz CT molecular complexity index is 705. The second kappa shape index (κ2) is 14.0. The molecule has 0 saturated heterocycles. The zero-order chi connectivity index (χ0) is 23.3. The summed E-state index contributed by atoms with van der Waals surface area (Å²) in [5, 5.41) is 6.95. The molecule has 0 bridgehead atoms. The lowest BCUT2D eigenvalue weighted by Gasteiger charge is -2.10. The third-order valence-electron chi connectivity index (χ3n) is 4.30. The molecule has 0 aliphatic heterocycles. The van der Waals surface area contributed by atoms with Gasteiger partial charge in [-0.15, -0.1) is 0 Å². The standard InChI is InChI=1S/C12H13F3N4.C6H12.C2H7N.C2H6/c1-7(2)19-4-3-10(18-19)8-5-9(12(13,14)15)11(16)17-6-8;1-6-4-2-3-5-6;1-3-2;1-2/h3-7H,1-2H3,(H2,16,17);6H,2-5H2,1H3;3H,1-2H3;1-2H3. The van der Waals surface area contributed by atoms with Crippen molar-refractivity contribution < 1.29 is 13.2 Å². The Kier molecular flexibility index (Phi) is 13.0. The van der Waals surface area contributed by atoms with E-state index in [1.807, 2.05) is 41.8 Å². The molecule has 1 aliphatic rings. The minimum absolute atomic E-state index is 0.137. The van der Waals surface area contributed by atoms with E-state index in [0.29, 0.717) is 11.3 Å². The van der Waals surface area contributed by atoms with Crippen LogP contribution in [0.3, 0.4) is 0 Å². The summed E-state index contributed by atoms with van der Waals surface area (Å²) in [6.45, 7) is 10.2. The van der Waals surface area contributed by atoms with E-state index in [9.17, 15) is 13.2 Å². The molecule has 3 rings (SSSR count). The molecule has 1 saturated carbocycles. The van der Waals surface area contributed by atoms with Crippen LogP contribution in [0.25, 0.3) is 11.3 Å². The number of nitrogens with two attached hydrogens (primary N) is 1. The molecular formula is C22H38F3N5. The van der Waals surface area contributed by atoms with Crippen molar-refractivity contribution in [3.8, 4) is 11.3 Å². The van der Waals surface area contributed by atoms with Crippen LogP contribution in [-0.2, 0) is 6.18 Å². The largest absolute Gasteiger partial charge is 0.419 e. The average Bonchev–Trinajstić information content (AvgIpc) is 3.36. The van der Waals surface area contributed by atoms with E-state index in [2.05, 4.69) is 22.3 Å². The van der Waals surface area contributed by atoms with Gasteiger partial charge >= 0.3 is 6.18 Å². The Labute approximate surface area is 179 Å². The monoisotopic (exact) mass is 429 g/mol. The van der Waals surface area contributed by atoms with Gasteiger partial charge in [-0.25, -0.2) is 4.98 Å². The number of nitrogens with one attached hydrogen (secondary N) is 1. The molecule has 1 aliphatic carbocycles. The summed E-state index contributed by atoms with van der Waals surface area (Å²) in [4.78, 5) is 3.58. The van der Waals surface area contributed by atoms with E-state index >= 15 is 0 Å². The minimum Gasteiger partial charge on any atom is -0.383 e. The summed E-state index contributed by atoms with van der Waals surface area (Å²) in [5.74, 6) is 0.518. The third-order valence-corrected chi connectivity index (χ3v) is 4.30. The van der Waals surface area contributed by atoms with Crippen molar-refractivity contribution >= 4 is 5.82 Å². The number of halogens is 3. The van der Waals surface area contributed by atoms with Crippen molar-refractivity contribution in [3.05, 3.63) is 30.1 Å². The molecule has 0 unspecified atom stereocenters. The summed E-state index contributed by atoms with van der Waals surface area (Å²) < 4.78 is 39.9. The second-order valence-corrected chi connectivity index (χ2v) is 7.32. The predicted molar refractivity (Wildman–Crippen MR) is 119 cm³/mol. The van der Waals surface area contributed by atoms with E-state index in [4.69, 9.17) is 5.73 Å². The summed E-state index contributed by atoms with van der Waals surface area (Å²) in [7, 11) is 3.75. The van der Waals surface area contributed by atoms with Crippen LogP contribution in [0.5, 0.6) is 0 Å². The van der Waals surface area contributed by atoms with E-state index in [-0.39, 0.29) is 6.04 Å². The van der Waals surface area contributed by atoms with Gasteiger partial charge in [-0.3, -0.25) is 4.68 Å². The van der Waals surface area contributed by atoms with Crippen LogP contribution in [0.15, 0.2) is 24.5 Å². The second-order valence-electron chi connectivity index (χ2n) is 7.32. The lowest BCUT2D eigenvalue weighted by molar-refractivity contribution is -0.137. The highest BCUT2D eigenvalue weighted by Crippen LogP contribution is 2.34. The normalized spacial score (nSPS) is 13.6. The minimum atomic E-state index is -4.52. The Balaban J connectivity index is 0.000000632. The molecule has 8 heteroatoms. The Morgan fingerprint density at radius 2 is 1.70 bits per heavy atom. The molecule has 2 aromatic heterocycles. The molecule has 0 radical (unpaired) electrons. The van der Waals surface area contributed by atoms with Gasteiger partial charge in [0.1, 0.15) is 5.82 Å². The molecule has 3 N–H and O–H groups in total. The molecular weight excluding hydrogens is 391 g/mol. The van der Waals surface area contributed by atoms with Gasteiger partial charge in [-0.1, -0.05) is 46.5 Å². The maximum Gasteiger partial charge on any atom is 0.419 e. The van der Waals surface area contributed by atoms with E-state index in [1.54, 1.807) is 16.9 Å². The van der Waals surface area contributed by atoms with Gasteiger partial charge in [0.2, 0.25) is 0 Å². The lowest BCUT2D eigenvalue weighted by atomic mass is 10.1. The lowest BCUT2D eigenvalue weighted by Crippen LogP contribution is -2.10. The fraction of sp³-hybridized carbons (Fsp3) is 0.636. The number of aromatic nitrogens is 3. The molecule has 172 valence electrons. The summed E-state index contributed by atoms with van der Waals surface area (Å²) >= 11 is 0. The van der Waals surface area contributed by atoms with Crippen molar-refractivity contribution in [2.24, 2.45) is 5.92 Å². The van der Waals surface area contributed by atoms with Crippen molar-refractivity contribution in [1.29, 1.82) is 0 Å². The first-order valence-corrected chi connectivity index (χ1v) is 10.6. The van der Waals surface area contributed by atoms with Crippen LogP contribution < -0.4 is 11.1 Å². The van der Waals surface area contributed by atoms with Crippen molar-refractivity contribution in [1.82, 2.24) is 20.1 Å². The maximum atomic E-state index is 12.7. The topological polar surface area (TPSA) is 68.8 Å². The Hall–Kier alpha value is -2.09. The average molecular weight is 430 g/mol. The smallest absolute Gasteiger partial charge is 0.383 e. The molecule has 0 atom stereocenters. The van der Waals surface area contributed by atoms with Crippen LogP contribution in [-0.4, -0.2) is 28.9 Å². The molecule has 0 spiro atoms.